The molecule has 6 N–H and O–H groups in total. The Balaban J connectivity index is 1.97. The minimum Gasteiger partial charge on any atom is -0.397 e. The maximum Gasteiger partial charge on any atom is 0.228 e. The summed E-state index contributed by atoms with van der Waals surface area (Å²) in [6.45, 7) is 8.51. The van der Waals surface area contributed by atoms with Gasteiger partial charge in [0.15, 0.2) is 0 Å². The van der Waals surface area contributed by atoms with Crippen LogP contribution in [0.5, 0.6) is 0 Å². The number of carbonyl (C=O) groups is 1. The minimum absolute atomic E-state index is 0.00415. The number of carbonyl (C=O) groups excluding carboxylic acids is 1. The first kappa shape index (κ1) is 24.4. The van der Waals surface area contributed by atoms with E-state index in [0.29, 0.717) is 12.1 Å². The van der Waals surface area contributed by atoms with E-state index >= 15 is 0 Å². The third-order valence-electron chi connectivity index (χ3n) is 4.94. The molecule has 3 aromatic carbocycles. The number of amides is 1. The fourth-order valence-electron chi connectivity index (χ4n) is 3.45. The molecule has 0 spiro atoms. The van der Waals surface area contributed by atoms with Gasteiger partial charge in [-0.2, -0.15) is 0 Å². The monoisotopic (exact) mass is 460 g/mol. The number of nitrogens with two attached hydrogens (primary N) is 2. The summed E-state index contributed by atoms with van der Waals surface area (Å²) in [6, 6.07) is 22.0. The summed E-state index contributed by atoms with van der Waals surface area (Å²) >= 11 is 1.72. The summed E-state index contributed by atoms with van der Waals surface area (Å²) in [4.78, 5) is 13.9. The number of rotatable bonds is 7. The van der Waals surface area contributed by atoms with Crippen LogP contribution in [0.3, 0.4) is 0 Å². The standard InChI is InChI=1S/C27H32N4OS/c1-18-9-11-19(12-10-18)15-26(32)31-24-16-20(13-14-25(24)33-27(2,3)4)21-7-5-6-8-22(21)23(28)17-30-29/h5-14,16-17,30H,15,28-29H2,1-4H3,(H,31,32)/b23-17-. The molecule has 0 radical (unpaired) electrons. The molecular weight excluding hydrogens is 428 g/mol. The van der Waals surface area contributed by atoms with Crippen molar-refractivity contribution in [2.75, 3.05) is 5.32 Å². The van der Waals surface area contributed by atoms with Gasteiger partial charge in [0.2, 0.25) is 5.91 Å². The van der Waals surface area contributed by atoms with E-state index in [2.05, 4.69) is 43.6 Å². The molecule has 0 aromatic heterocycles. The smallest absolute Gasteiger partial charge is 0.228 e. The lowest BCUT2D eigenvalue weighted by Crippen LogP contribution is -2.16. The molecule has 0 atom stereocenters. The lowest BCUT2D eigenvalue weighted by Gasteiger charge is -2.21. The van der Waals surface area contributed by atoms with E-state index in [1.807, 2.05) is 61.5 Å². The van der Waals surface area contributed by atoms with Crippen LogP contribution in [0.15, 0.2) is 77.8 Å². The fraction of sp³-hybridized carbons (Fsp3) is 0.222. The maximum absolute atomic E-state index is 12.9. The summed E-state index contributed by atoms with van der Waals surface area (Å²) < 4.78 is -0.00415. The molecule has 3 aromatic rings. The fourth-order valence-corrected chi connectivity index (χ4v) is 4.47. The lowest BCUT2D eigenvalue weighted by molar-refractivity contribution is -0.115. The van der Waals surface area contributed by atoms with Gasteiger partial charge in [-0.1, -0.05) is 80.9 Å². The van der Waals surface area contributed by atoms with Crippen molar-refractivity contribution in [3.05, 3.63) is 89.6 Å². The highest BCUT2D eigenvalue weighted by atomic mass is 32.2. The van der Waals surface area contributed by atoms with Crippen LogP contribution in [0, 0.1) is 6.92 Å². The highest BCUT2D eigenvalue weighted by Gasteiger charge is 2.18. The van der Waals surface area contributed by atoms with Crippen molar-refractivity contribution in [3.63, 3.8) is 0 Å². The van der Waals surface area contributed by atoms with Gasteiger partial charge < -0.3 is 16.5 Å². The molecule has 0 saturated carbocycles. The van der Waals surface area contributed by atoms with E-state index < -0.39 is 0 Å². The van der Waals surface area contributed by atoms with Gasteiger partial charge in [0.05, 0.1) is 17.8 Å². The first-order valence-corrected chi connectivity index (χ1v) is 11.7. The van der Waals surface area contributed by atoms with E-state index in [0.717, 1.165) is 32.8 Å². The molecule has 0 aliphatic carbocycles. The summed E-state index contributed by atoms with van der Waals surface area (Å²) in [6.07, 6.45) is 1.88. The van der Waals surface area contributed by atoms with E-state index in [9.17, 15) is 4.79 Å². The molecule has 33 heavy (non-hydrogen) atoms. The number of hydrogen-bond acceptors (Lipinski definition) is 5. The Morgan fingerprint density at radius 1 is 1.03 bits per heavy atom. The number of benzene rings is 3. The van der Waals surface area contributed by atoms with Crippen LogP contribution >= 0.6 is 11.8 Å². The molecule has 0 aliphatic heterocycles. The predicted molar refractivity (Wildman–Crippen MR) is 140 cm³/mol. The van der Waals surface area contributed by atoms with Gasteiger partial charge in [0.1, 0.15) is 0 Å². The number of thioether (sulfide) groups is 1. The molecular formula is C27H32N4OS. The Labute approximate surface area is 200 Å². The van der Waals surface area contributed by atoms with Crippen molar-refractivity contribution >= 4 is 29.1 Å². The molecule has 0 aliphatic rings. The molecule has 172 valence electrons. The second kappa shape index (κ2) is 10.6. The topological polar surface area (TPSA) is 93.2 Å². The van der Waals surface area contributed by atoms with Crippen molar-refractivity contribution in [2.45, 2.75) is 43.8 Å². The molecule has 0 saturated heterocycles. The Morgan fingerprint density at radius 2 is 1.73 bits per heavy atom. The number of hydrogen-bond donors (Lipinski definition) is 4. The van der Waals surface area contributed by atoms with Crippen molar-refractivity contribution in [2.24, 2.45) is 11.6 Å². The van der Waals surface area contributed by atoms with Gasteiger partial charge in [-0.05, 0) is 35.7 Å². The number of aryl methyl sites for hydroxylation is 1. The van der Waals surface area contributed by atoms with Crippen molar-refractivity contribution in [1.29, 1.82) is 0 Å². The van der Waals surface area contributed by atoms with E-state index in [1.54, 1.807) is 18.0 Å². The minimum atomic E-state index is -0.0493. The van der Waals surface area contributed by atoms with Crippen LogP contribution in [0.1, 0.15) is 37.5 Å². The van der Waals surface area contributed by atoms with E-state index in [1.165, 1.54) is 5.56 Å². The maximum atomic E-state index is 12.9. The second-order valence-electron chi connectivity index (χ2n) is 8.95. The highest BCUT2D eigenvalue weighted by Crippen LogP contribution is 2.39. The zero-order valence-corrected chi connectivity index (χ0v) is 20.4. The van der Waals surface area contributed by atoms with Crippen LogP contribution in [0.25, 0.3) is 16.8 Å². The van der Waals surface area contributed by atoms with Gasteiger partial charge >= 0.3 is 0 Å². The van der Waals surface area contributed by atoms with Gasteiger partial charge in [-0.15, -0.1) is 11.8 Å². The van der Waals surface area contributed by atoms with Crippen LogP contribution < -0.4 is 22.3 Å². The largest absolute Gasteiger partial charge is 0.397 e. The third kappa shape index (κ3) is 6.88. The Bertz CT molecular complexity index is 1150. The van der Waals surface area contributed by atoms with Crippen LogP contribution in [-0.2, 0) is 11.2 Å². The highest BCUT2D eigenvalue weighted by molar-refractivity contribution is 8.00. The molecule has 1 amide bonds. The third-order valence-corrected chi connectivity index (χ3v) is 6.13. The zero-order chi connectivity index (χ0) is 24.0. The first-order chi connectivity index (χ1) is 15.7. The normalized spacial score (nSPS) is 11.8. The van der Waals surface area contributed by atoms with Crippen LogP contribution in [0.2, 0.25) is 0 Å². The molecule has 0 fully saturated rings. The Morgan fingerprint density at radius 3 is 2.39 bits per heavy atom. The van der Waals surface area contributed by atoms with Gasteiger partial charge in [0, 0.05) is 21.4 Å². The lowest BCUT2D eigenvalue weighted by atomic mass is 9.97. The number of nitrogens with one attached hydrogen (secondary N) is 2. The molecule has 0 unspecified atom stereocenters. The summed E-state index contributed by atoms with van der Waals surface area (Å²) in [7, 11) is 0. The summed E-state index contributed by atoms with van der Waals surface area (Å²) in [5.74, 6) is 5.38. The average molecular weight is 461 g/mol. The van der Waals surface area contributed by atoms with Gasteiger partial charge in [-0.3, -0.25) is 10.6 Å². The SMILES string of the molecule is Cc1ccc(CC(=O)Nc2cc(-c3ccccc3/C(N)=C/NN)ccc2SC(C)(C)C)cc1. The van der Waals surface area contributed by atoms with Gasteiger partial charge in [0.25, 0.3) is 0 Å². The summed E-state index contributed by atoms with van der Waals surface area (Å²) in [5.41, 5.74) is 15.0. The van der Waals surface area contributed by atoms with Crippen LogP contribution in [-0.4, -0.2) is 10.7 Å². The summed E-state index contributed by atoms with van der Waals surface area (Å²) in [5, 5.41) is 3.14. The number of hydrazine groups is 1. The zero-order valence-electron chi connectivity index (χ0n) is 19.6. The van der Waals surface area contributed by atoms with Gasteiger partial charge in [-0.25, -0.2) is 0 Å². The molecule has 3 rings (SSSR count). The quantitative estimate of drug-likeness (QED) is 0.214. The molecule has 0 heterocycles. The van der Waals surface area contributed by atoms with E-state index in [4.69, 9.17) is 11.6 Å². The molecule has 6 heteroatoms. The first-order valence-electron chi connectivity index (χ1n) is 10.9. The Hall–Kier alpha value is -3.22. The average Bonchev–Trinajstić information content (AvgIpc) is 2.76. The van der Waals surface area contributed by atoms with E-state index in [-0.39, 0.29) is 10.7 Å². The number of anilines is 1. The Kier molecular flexibility index (Phi) is 7.84. The molecule has 0 bridgehead atoms. The van der Waals surface area contributed by atoms with Crippen molar-refractivity contribution in [1.82, 2.24) is 5.43 Å². The van der Waals surface area contributed by atoms with Crippen molar-refractivity contribution in [3.8, 4) is 11.1 Å². The second-order valence-corrected chi connectivity index (χ2v) is 10.8. The van der Waals surface area contributed by atoms with Crippen molar-refractivity contribution < 1.29 is 4.79 Å². The molecule has 5 nitrogen and oxygen atoms in total. The van der Waals surface area contributed by atoms with Crippen LogP contribution in [0.4, 0.5) is 5.69 Å². The predicted octanol–water partition coefficient (Wildman–Crippen LogP) is 5.45.